The van der Waals surface area contributed by atoms with Gasteiger partial charge >= 0.3 is 12.1 Å². The van der Waals surface area contributed by atoms with Gasteiger partial charge in [-0.3, -0.25) is 0 Å². The van der Waals surface area contributed by atoms with Crippen molar-refractivity contribution in [2.75, 3.05) is 13.1 Å². The topological polar surface area (TPSA) is 40.5 Å². The lowest BCUT2D eigenvalue weighted by molar-refractivity contribution is -0.146. The highest BCUT2D eigenvalue weighted by Gasteiger charge is 2.43. The highest BCUT2D eigenvalue weighted by atomic mass is 19.4. The molecule has 1 aliphatic heterocycles. The normalized spacial score (nSPS) is 20.1. The molecule has 0 amide bonds. The fourth-order valence-electron chi connectivity index (χ4n) is 2.11. The lowest BCUT2D eigenvalue weighted by atomic mass is 10.1. The summed E-state index contributed by atoms with van der Waals surface area (Å²) in [6, 6.07) is 0. The Balaban J connectivity index is 2.96. The number of carboxylic acids is 1. The zero-order valence-corrected chi connectivity index (χ0v) is 10.5. The molecule has 110 valence electrons. The molecule has 1 heterocycles. The molecule has 0 unspecified atom stereocenters. The van der Waals surface area contributed by atoms with E-state index in [1.165, 1.54) is 0 Å². The van der Waals surface area contributed by atoms with Gasteiger partial charge in [0.15, 0.2) is 5.57 Å². The fourth-order valence-corrected chi connectivity index (χ4v) is 2.11. The molecule has 1 saturated heterocycles. The molecule has 1 rings (SSSR count). The van der Waals surface area contributed by atoms with Crippen molar-refractivity contribution < 1.29 is 27.5 Å². The minimum atomic E-state index is -5.19. The van der Waals surface area contributed by atoms with Crippen LogP contribution in [0.4, 0.5) is 17.6 Å². The van der Waals surface area contributed by atoms with E-state index in [1.807, 2.05) is 0 Å². The van der Waals surface area contributed by atoms with Gasteiger partial charge in [-0.25, -0.2) is 4.79 Å². The average molecular weight is 283 g/mol. The quantitative estimate of drug-likeness (QED) is 0.479. The van der Waals surface area contributed by atoms with Crippen molar-refractivity contribution in [3.8, 4) is 0 Å². The number of rotatable bonds is 2. The van der Waals surface area contributed by atoms with Crippen LogP contribution >= 0.6 is 0 Å². The number of hydrogen-bond acceptors (Lipinski definition) is 2. The summed E-state index contributed by atoms with van der Waals surface area (Å²) in [4.78, 5) is 11.5. The summed E-state index contributed by atoms with van der Waals surface area (Å²) in [5.74, 6) is -3.94. The molecule has 7 heteroatoms. The van der Waals surface area contributed by atoms with Gasteiger partial charge < -0.3 is 10.0 Å². The Morgan fingerprint density at radius 1 is 0.947 bits per heavy atom. The van der Waals surface area contributed by atoms with E-state index in [-0.39, 0.29) is 13.1 Å². The third kappa shape index (κ3) is 4.72. The Morgan fingerprint density at radius 3 is 1.74 bits per heavy atom. The van der Waals surface area contributed by atoms with Gasteiger partial charge in [0, 0.05) is 13.1 Å². The molecule has 1 N–H and O–H groups in total. The van der Waals surface area contributed by atoms with Crippen molar-refractivity contribution >= 4 is 5.97 Å². The van der Waals surface area contributed by atoms with Crippen molar-refractivity contribution in [1.29, 1.82) is 0 Å². The maximum atomic E-state index is 13.9. The molecule has 0 saturated carbocycles. The van der Waals surface area contributed by atoms with Crippen molar-refractivity contribution in [3.63, 3.8) is 0 Å². The summed E-state index contributed by atoms with van der Waals surface area (Å²) in [6.45, 7) is 0.247. The first kappa shape index (κ1) is 15.8. The van der Waals surface area contributed by atoms with Crippen LogP contribution in [-0.2, 0) is 4.79 Å². The molecule has 0 aromatic rings. The number of halogens is 4. The second-order valence-corrected chi connectivity index (χ2v) is 4.58. The number of nitrogens with zero attached hydrogens (tertiary/aromatic N) is 1. The molecule has 0 bridgehead atoms. The van der Waals surface area contributed by atoms with Gasteiger partial charge in [-0.1, -0.05) is 25.7 Å². The largest absolute Gasteiger partial charge is 0.478 e. The van der Waals surface area contributed by atoms with Crippen LogP contribution in [0.25, 0.3) is 0 Å². The molecule has 1 fully saturated rings. The molecule has 19 heavy (non-hydrogen) atoms. The van der Waals surface area contributed by atoms with Gasteiger partial charge in [-0.2, -0.15) is 17.6 Å². The molecular formula is C12H17F4NO2. The number of carboxylic acid groups (broad SMARTS) is 1. The molecule has 0 aromatic heterocycles. The van der Waals surface area contributed by atoms with E-state index >= 15 is 0 Å². The highest BCUT2D eigenvalue weighted by Crippen LogP contribution is 2.31. The van der Waals surface area contributed by atoms with Crippen molar-refractivity contribution in [1.82, 2.24) is 4.90 Å². The van der Waals surface area contributed by atoms with Crippen molar-refractivity contribution in [2.24, 2.45) is 0 Å². The number of alkyl halides is 3. The van der Waals surface area contributed by atoms with Crippen LogP contribution in [0.3, 0.4) is 0 Å². The predicted molar refractivity (Wildman–Crippen MR) is 61.1 cm³/mol. The van der Waals surface area contributed by atoms with Crippen LogP contribution in [0, 0.1) is 0 Å². The minimum Gasteiger partial charge on any atom is -0.478 e. The van der Waals surface area contributed by atoms with Gasteiger partial charge in [-0.15, -0.1) is 0 Å². The molecule has 0 atom stereocenters. The molecule has 0 aliphatic carbocycles. The fraction of sp³-hybridized carbons (Fsp3) is 0.750. The van der Waals surface area contributed by atoms with E-state index in [9.17, 15) is 22.4 Å². The molecule has 1 aliphatic rings. The van der Waals surface area contributed by atoms with E-state index in [2.05, 4.69) is 0 Å². The molecule has 0 aromatic carbocycles. The van der Waals surface area contributed by atoms with Gasteiger partial charge in [0.1, 0.15) is 0 Å². The highest BCUT2D eigenvalue weighted by molar-refractivity contribution is 5.88. The molecule has 0 spiro atoms. The summed E-state index contributed by atoms with van der Waals surface area (Å²) < 4.78 is 51.4. The summed E-state index contributed by atoms with van der Waals surface area (Å²) in [5.41, 5.74) is -2.10. The van der Waals surface area contributed by atoms with E-state index in [1.54, 1.807) is 0 Å². The number of carbonyl (C=O) groups is 1. The van der Waals surface area contributed by atoms with E-state index in [0.29, 0.717) is 12.8 Å². The van der Waals surface area contributed by atoms with Crippen LogP contribution in [-0.4, -0.2) is 35.2 Å². The third-order valence-corrected chi connectivity index (χ3v) is 3.09. The Morgan fingerprint density at radius 2 is 1.37 bits per heavy atom. The van der Waals surface area contributed by atoms with Gasteiger partial charge in [0.2, 0.25) is 5.95 Å². The van der Waals surface area contributed by atoms with Crippen LogP contribution in [0.5, 0.6) is 0 Å². The Bertz CT molecular complexity index is 342. The lowest BCUT2D eigenvalue weighted by Crippen LogP contribution is -2.30. The summed E-state index contributed by atoms with van der Waals surface area (Å²) >= 11 is 0. The SMILES string of the molecule is O=C(O)/C(=C(/F)N1CCCCCCCC1)C(F)(F)F. The smallest absolute Gasteiger partial charge is 0.427 e. The first-order chi connectivity index (χ1) is 8.84. The maximum absolute atomic E-state index is 13.9. The monoisotopic (exact) mass is 283 g/mol. The average Bonchev–Trinajstić information content (AvgIpc) is 2.39. The van der Waals surface area contributed by atoms with Crippen LogP contribution in [0.2, 0.25) is 0 Å². The summed E-state index contributed by atoms with van der Waals surface area (Å²) in [6.07, 6.45) is -0.463. The third-order valence-electron chi connectivity index (χ3n) is 3.09. The Kier molecular flexibility index (Phi) is 5.62. The van der Waals surface area contributed by atoms with E-state index in [4.69, 9.17) is 5.11 Å². The lowest BCUT2D eigenvalue weighted by Gasteiger charge is -2.23. The molecule has 3 nitrogen and oxygen atoms in total. The number of hydrogen-bond donors (Lipinski definition) is 1. The minimum absolute atomic E-state index is 0.124. The molecular weight excluding hydrogens is 266 g/mol. The van der Waals surface area contributed by atoms with Crippen molar-refractivity contribution in [3.05, 3.63) is 11.5 Å². The van der Waals surface area contributed by atoms with E-state index < -0.39 is 23.7 Å². The first-order valence-electron chi connectivity index (χ1n) is 6.29. The second kappa shape index (κ2) is 6.77. The first-order valence-corrected chi connectivity index (χ1v) is 6.29. The van der Waals surface area contributed by atoms with E-state index in [0.717, 1.165) is 30.6 Å². The van der Waals surface area contributed by atoms with Crippen LogP contribution in [0.15, 0.2) is 11.5 Å². The van der Waals surface area contributed by atoms with Crippen molar-refractivity contribution in [2.45, 2.75) is 44.7 Å². The maximum Gasteiger partial charge on any atom is 0.427 e. The summed E-state index contributed by atoms with van der Waals surface area (Å²) in [5, 5.41) is 8.55. The second-order valence-electron chi connectivity index (χ2n) is 4.58. The zero-order valence-electron chi connectivity index (χ0n) is 10.5. The molecule has 0 radical (unpaired) electrons. The van der Waals surface area contributed by atoms with Gasteiger partial charge in [0.25, 0.3) is 0 Å². The predicted octanol–water partition coefficient (Wildman–Crippen LogP) is 3.47. The Labute approximate surface area is 108 Å². The van der Waals surface area contributed by atoms with Crippen LogP contribution in [0.1, 0.15) is 38.5 Å². The number of aliphatic carboxylic acids is 1. The van der Waals surface area contributed by atoms with Gasteiger partial charge in [0.05, 0.1) is 0 Å². The van der Waals surface area contributed by atoms with Gasteiger partial charge in [-0.05, 0) is 12.8 Å². The van der Waals surface area contributed by atoms with Crippen LogP contribution < -0.4 is 0 Å². The standard InChI is InChI=1S/C12H17F4NO2/c13-10(9(11(18)19)12(14,15)16)17-7-5-3-1-2-4-6-8-17/h1-8H2,(H,18,19)/b10-9+. The summed E-state index contributed by atoms with van der Waals surface area (Å²) in [7, 11) is 0. The Hall–Kier alpha value is -1.27. The zero-order chi connectivity index (χ0) is 14.5.